The summed E-state index contributed by atoms with van der Waals surface area (Å²) < 4.78 is 0. The molecule has 1 aromatic carbocycles. The maximum atomic E-state index is 11.4. The van der Waals surface area contributed by atoms with E-state index in [1.54, 1.807) is 12.1 Å². The Morgan fingerprint density at radius 2 is 1.94 bits per heavy atom. The second kappa shape index (κ2) is 5.00. The Labute approximate surface area is 105 Å². The molecule has 18 heavy (non-hydrogen) atoms. The fourth-order valence-corrected chi connectivity index (χ4v) is 1.90. The SMILES string of the molecule is CC(=O)Nc1ccc(CN2CC(=O)CC2=O)cc1. The van der Waals surface area contributed by atoms with Gasteiger partial charge in [0, 0.05) is 19.2 Å². The Hall–Kier alpha value is -2.17. The van der Waals surface area contributed by atoms with Gasteiger partial charge in [-0.05, 0) is 17.7 Å². The average Bonchev–Trinajstić information content (AvgIpc) is 2.59. The van der Waals surface area contributed by atoms with Gasteiger partial charge in [0.2, 0.25) is 11.8 Å². The molecule has 2 amide bonds. The summed E-state index contributed by atoms with van der Waals surface area (Å²) in [6, 6.07) is 7.22. The van der Waals surface area contributed by atoms with E-state index in [4.69, 9.17) is 0 Å². The van der Waals surface area contributed by atoms with Crippen LogP contribution >= 0.6 is 0 Å². The third-order valence-electron chi connectivity index (χ3n) is 2.72. The molecule has 1 fully saturated rings. The number of rotatable bonds is 3. The molecule has 0 spiro atoms. The van der Waals surface area contributed by atoms with Gasteiger partial charge >= 0.3 is 0 Å². The Morgan fingerprint density at radius 1 is 1.28 bits per heavy atom. The molecule has 0 radical (unpaired) electrons. The lowest BCUT2D eigenvalue weighted by molar-refractivity contribution is -0.128. The largest absolute Gasteiger partial charge is 0.331 e. The minimum Gasteiger partial charge on any atom is -0.331 e. The van der Waals surface area contributed by atoms with Gasteiger partial charge in [0.1, 0.15) is 0 Å². The van der Waals surface area contributed by atoms with Crippen molar-refractivity contribution < 1.29 is 14.4 Å². The molecule has 1 aromatic rings. The number of nitrogens with zero attached hydrogens (tertiary/aromatic N) is 1. The number of hydrogen-bond donors (Lipinski definition) is 1. The summed E-state index contributed by atoms with van der Waals surface area (Å²) in [4.78, 5) is 35.0. The zero-order valence-electron chi connectivity index (χ0n) is 10.1. The van der Waals surface area contributed by atoms with Crippen molar-refractivity contribution in [3.8, 4) is 0 Å². The molecule has 0 unspecified atom stereocenters. The van der Waals surface area contributed by atoms with E-state index in [9.17, 15) is 14.4 Å². The Morgan fingerprint density at radius 3 is 2.44 bits per heavy atom. The van der Waals surface area contributed by atoms with E-state index in [-0.39, 0.29) is 30.6 Å². The van der Waals surface area contributed by atoms with E-state index in [0.29, 0.717) is 6.54 Å². The van der Waals surface area contributed by atoms with E-state index in [1.165, 1.54) is 11.8 Å². The second-order valence-corrected chi connectivity index (χ2v) is 4.34. The molecule has 2 rings (SSSR count). The normalized spacial score (nSPS) is 15.1. The van der Waals surface area contributed by atoms with Crippen LogP contribution in [-0.2, 0) is 20.9 Å². The van der Waals surface area contributed by atoms with E-state index >= 15 is 0 Å². The Balaban J connectivity index is 2.00. The summed E-state index contributed by atoms with van der Waals surface area (Å²) in [5.74, 6) is -0.274. The molecule has 1 aliphatic heterocycles. The number of amides is 2. The maximum Gasteiger partial charge on any atom is 0.230 e. The van der Waals surface area contributed by atoms with Crippen LogP contribution in [0.1, 0.15) is 18.9 Å². The highest BCUT2D eigenvalue weighted by molar-refractivity contribution is 6.05. The molecular formula is C13H14N2O3. The zero-order chi connectivity index (χ0) is 13.1. The van der Waals surface area contributed by atoms with Crippen LogP contribution in [0, 0.1) is 0 Å². The first-order chi connectivity index (χ1) is 8.54. The van der Waals surface area contributed by atoms with Gasteiger partial charge in [-0.2, -0.15) is 0 Å². The quantitative estimate of drug-likeness (QED) is 0.807. The summed E-state index contributed by atoms with van der Waals surface area (Å²) >= 11 is 0. The molecular weight excluding hydrogens is 232 g/mol. The number of ketones is 1. The zero-order valence-corrected chi connectivity index (χ0v) is 10.1. The molecule has 1 aliphatic rings. The van der Waals surface area contributed by atoms with Gasteiger partial charge in [-0.3, -0.25) is 14.4 Å². The molecule has 0 aromatic heterocycles. The predicted molar refractivity (Wildman–Crippen MR) is 65.8 cm³/mol. The highest BCUT2D eigenvalue weighted by Gasteiger charge is 2.26. The number of hydrogen-bond acceptors (Lipinski definition) is 3. The van der Waals surface area contributed by atoms with Crippen LogP contribution in [0.15, 0.2) is 24.3 Å². The van der Waals surface area contributed by atoms with Crippen molar-refractivity contribution in [1.29, 1.82) is 0 Å². The van der Waals surface area contributed by atoms with Crippen molar-refractivity contribution in [3.63, 3.8) is 0 Å². The fourth-order valence-electron chi connectivity index (χ4n) is 1.90. The first-order valence-corrected chi connectivity index (χ1v) is 5.70. The standard InChI is InChI=1S/C13H14N2O3/c1-9(16)14-11-4-2-10(3-5-11)7-15-8-12(17)6-13(15)18/h2-5H,6-8H2,1H3,(H,14,16). The van der Waals surface area contributed by atoms with Crippen LogP contribution in [0.25, 0.3) is 0 Å². The molecule has 0 atom stereocenters. The summed E-state index contributed by atoms with van der Waals surface area (Å²) in [6.07, 6.45) is 0.0178. The van der Waals surface area contributed by atoms with Crippen molar-refractivity contribution in [1.82, 2.24) is 4.90 Å². The molecule has 1 N–H and O–H groups in total. The van der Waals surface area contributed by atoms with E-state index in [0.717, 1.165) is 11.3 Å². The topological polar surface area (TPSA) is 66.5 Å². The van der Waals surface area contributed by atoms with E-state index < -0.39 is 0 Å². The Bertz CT molecular complexity index is 493. The minimum atomic E-state index is -0.122. The summed E-state index contributed by atoms with van der Waals surface area (Å²) in [5, 5.41) is 2.67. The second-order valence-electron chi connectivity index (χ2n) is 4.34. The summed E-state index contributed by atoms with van der Waals surface area (Å²) in [7, 11) is 0. The lowest BCUT2D eigenvalue weighted by Crippen LogP contribution is -2.24. The van der Waals surface area contributed by atoms with Gasteiger partial charge < -0.3 is 10.2 Å². The van der Waals surface area contributed by atoms with Gasteiger partial charge in [0.05, 0.1) is 13.0 Å². The van der Waals surface area contributed by atoms with E-state index in [2.05, 4.69) is 5.32 Å². The predicted octanol–water partition coefficient (Wildman–Crippen LogP) is 0.946. The van der Waals surface area contributed by atoms with Crippen LogP contribution in [-0.4, -0.2) is 29.0 Å². The summed E-state index contributed by atoms with van der Waals surface area (Å²) in [6.45, 7) is 2.08. The number of benzene rings is 1. The molecule has 0 aliphatic carbocycles. The van der Waals surface area contributed by atoms with Crippen molar-refractivity contribution in [2.24, 2.45) is 0 Å². The van der Waals surface area contributed by atoms with Crippen molar-refractivity contribution in [2.45, 2.75) is 19.9 Å². The molecule has 1 heterocycles. The molecule has 0 bridgehead atoms. The van der Waals surface area contributed by atoms with Gasteiger partial charge in [-0.15, -0.1) is 0 Å². The average molecular weight is 246 g/mol. The van der Waals surface area contributed by atoms with Crippen molar-refractivity contribution in [2.75, 3.05) is 11.9 Å². The van der Waals surface area contributed by atoms with Crippen molar-refractivity contribution in [3.05, 3.63) is 29.8 Å². The number of nitrogens with one attached hydrogen (secondary N) is 1. The molecule has 5 heteroatoms. The van der Waals surface area contributed by atoms with E-state index in [1.807, 2.05) is 12.1 Å². The third kappa shape index (κ3) is 2.94. The number of carbonyl (C=O) groups is 3. The van der Waals surface area contributed by atoms with Crippen LogP contribution in [0.4, 0.5) is 5.69 Å². The lowest BCUT2D eigenvalue weighted by atomic mass is 10.2. The number of likely N-dealkylation sites (tertiary alicyclic amines) is 1. The molecule has 0 saturated carbocycles. The van der Waals surface area contributed by atoms with Gasteiger partial charge in [-0.25, -0.2) is 0 Å². The first-order valence-electron chi connectivity index (χ1n) is 5.70. The van der Waals surface area contributed by atoms with Crippen LogP contribution in [0.2, 0.25) is 0 Å². The number of anilines is 1. The molecule has 94 valence electrons. The van der Waals surface area contributed by atoms with Gasteiger partial charge in [0.25, 0.3) is 0 Å². The monoisotopic (exact) mass is 246 g/mol. The van der Waals surface area contributed by atoms with Crippen LogP contribution in [0.3, 0.4) is 0 Å². The van der Waals surface area contributed by atoms with Gasteiger partial charge in [-0.1, -0.05) is 12.1 Å². The Kier molecular flexibility index (Phi) is 3.41. The highest BCUT2D eigenvalue weighted by Crippen LogP contribution is 2.14. The smallest absolute Gasteiger partial charge is 0.230 e. The number of Topliss-reactive ketones (excluding diaryl/α,β-unsaturated/α-hetero) is 1. The number of carbonyl (C=O) groups excluding carboxylic acids is 3. The highest BCUT2D eigenvalue weighted by atomic mass is 16.2. The molecule has 1 saturated heterocycles. The first kappa shape index (κ1) is 12.3. The van der Waals surface area contributed by atoms with Crippen LogP contribution in [0.5, 0.6) is 0 Å². The fraction of sp³-hybridized carbons (Fsp3) is 0.308. The summed E-state index contributed by atoms with van der Waals surface area (Å²) in [5.41, 5.74) is 1.65. The van der Waals surface area contributed by atoms with Gasteiger partial charge in [0.15, 0.2) is 5.78 Å². The van der Waals surface area contributed by atoms with Crippen molar-refractivity contribution >= 4 is 23.3 Å². The third-order valence-corrected chi connectivity index (χ3v) is 2.72. The minimum absolute atomic E-state index is 0.0178. The maximum absolute atomic E-state index is 11.4. The lowest BCUT2D eigenvalue weighted by Gasteiger charge is -2.14. The molecule has 5 nitrogen and oxygen atoms in total. The van der Waals surface area contributed by atoms with Crippen LogP contribution < -0.4 is 5.32 Å².